The van der Waals surface area contributed by atoms with Crippen molar-refractivity contribution in [3.8, 4) is 23.0 Å². The fourth-order valence-corrected chi connectivity index (χ4v) is 4.08. The molecule has 0 amide bonds. The third-order valence-corrected chi connectivity index (χ3v) is 5.68. The minimum atomic E-state index is -3.73. The van der Waals surface area contributed by atoms with Crippen LogP contribution in [0.4, 0.5) is 0 Å². The standard InChI is InChI=1S/C18H21NO6S/c1-22-14-4-6-16-12(9-14)8-13(11-25-16)19-26(20,21)15-5-7-17(23-2)18(10-15)24-3/h4-7,9-10,13,19H,8,11H2,1-3H3. The first-order valence-corrected chi connectivity index (χ1v) is 9.49. The number of methoxy groups -OCH3 is 3. The second-order valence-corrected chi connectivity index (χ2v) is 7.54. The monoisotopic (exact) mass is 379 g/mol. The lowest BCUT2D eigenvalue weighted by atomic mass is 10.0. The highest BCUT2D eigenvalue weighted by molar-refractivity contribution is 7.89. The van der Waals surface area contributed by atoms with E-state index in [1.54, 1.807) is 13.2 Å². The molecule has 0 bridgehead atoms. The van der Waals surface area contributed by atoms with E-state index in [0.717, 1.165) is 11.3 Å². The summed E-state index contributed by atoms with van der Waals surface area (Å²) in [5.41, 5.74) is 0.899. The lowest BCUT2D eigenvalue weighted by molar-refractivity contribution is 0.253. The zero-order valence-electron chi connectivity index (χ0n) is 14.8. The Morgan fingerprint density at radius 1 is 1.00 bits per heavy atom. The van der Waals surface area contributed by atoms with Crippen LogP contribution in [0.5, 0.6) is 23.0 Å². The SMILES string of the molecule is COc1ccc2c(c1)CC(NS(=O)(=O)c1ccc(OC)c(OC)c1)CO2. The van der Waals surface area contributed by atoms with E-state index in [9.17, 15) is 8.42 Å². The fraction of sp³-hybridized carbons (Fsp3) is 0.333. The van der Waals surface area contributed by atoms with Crippen molar-refractivity contribution in [2.45, 2.75) is 17.4 Å². The molecule has 0 fully saturated rings. The summed E-state index contributed by atoms with van der Waals surface area (Å²) < 4.78 is 49.3. The van der Waals surface area contributed by atoms with Gasteiger partial charge in [0.05, 0.1) is 32.3 Å². The molecule has 1 aliphatic rings. The molecule has 0 saturated heterocycles. The van der Waals surface area contributed by atoms with Gasteiger partial charge < -0.3 is 18.9 Å². The quantitative estimate of drug-likeness (QED) is 0.827. The van der Waals surface area contributed by atoms with Crippen molar-refractivity contribution in [1.82, 2.24) is 4.72 Å². The first kappa shape index (κ1) is 18.3. The Morgan fingerprint density at radius 2 is 1.77 bits per heavy atom. The van der Waals surface area contributed by atoms with E-state index in [2.05, 4.69) is 4.72 Å². The maximum absolute atomic E-state index is 12.7. The molecule has 1 aliphatic heterocycles. The zero-order valence-corrected chi connectivity index (χ0v) is 15.6. The highest BCUT2D eigenvalue weighted by Crippen LogP contribution is 2.31. The molecule has 2 aromatic rings. The van der Waals surface area contributed by atoms with E-state index in [4.69, 9.17) is 18.9 Å². The molecule has 3 rings (SSSR count). The summed E-state index contributed by atoms with van der Waals surface area (Å²) in [7, 11) is 0.808. The highest BCUT2D eigenvalue weighted by Gasteiger charge is 2.26. The first-order chi connectivity index (χ1) is 12.5. The molecule has 26 heavy (non-hydrogen) atoms. The van der Waals surface area contributed by atoms with Crippen molar-refractivity contribution in [2.24, 2.45) is 0 Å². The van der Waals surface area contributed by atoms with Crippen LogP contribution in [0.15, 0.2) is 41.3 Å². The van der Waals surface area contributed by atoms with Crippen LogP contribution < -0.4 is 23.7 Å². The number of sulfonamides is 1. The Balaban J connectivity index is 1.79. The van der Waals surface area contributed by atoms with Crippen LogP contribution in [-0.4, -0.2) is 42.4 Å². The molecule has 0 radical (unpaired) electrons. The van der Waals surface area contributed by atoms with E-state index in [0.29, 0.717) is 23.7 Å². The number of ether oxygens (including phenoxy) is 4. The molecule has 1 heterocycles. The number of benzene rings is 2. The molecule has 8 heteroatoms. The fourth-order valence-electron chi connectivity index (χ4n) is 2.84. The topological polar surface area (TPSA) is 83.1 Å². The van der Waals surface area contributed by atoms with Gasteiger partial charge in [-0.2, -0.15) is 0 Å². The summed E-state index contributed by atoms with van der Waals surface area (Å²) in [6, 6.07) is 9.58. The van der Waals surface area contributed by atoms with E-state index < -0.39 is 10.0 Å². The van der Waals surface area contributed by atoms with Crippen LogP contribution >= 0.6 is 0 Å². The van der Waals surface area contributed by atoms with Crippen molar-refractivity contribution in [3.05, 3.63) is 42.0 Å². The van der Waals surface area contributed by atoms with Gasteiger partial charge in [-0.1, -0.05) is 0 Å². The van der Waals surface area contributed by atoms with E-state index in [-0.39, 0.29) is 17.5 Å². The molecule has 0 aromatic heterocycles. The highest BCUT2D eigenvalue weighted by atomic mass is 32.2. The normalized spacial score (nSPS) is 16.3. The molecule has 7 nitrogen and oxygen atoms in total. The van der Waals surface area contributed by atoms with Gasteiger partial charge >= 0.3 is 0 Å². The number of rotatable bonds is 6. The van der Waals surface area contributed by atoms with Crippen LogP contribution in [0.25, 0.3) is 0 Å². The zero-order chi connectivity index (χ0) is 18.7. The second kappa shape index (κ2) is 7.43. The number of fused-ring (bicyclic) bond motifs is 1. The molecule has 0 aliphatic carbocycles. The van der Waals surface area contributed by atoms with Gasteiger partial charge in [-0.15, -0.1) is 0 Å². The molecule has 140 valence electrons. The van der Waals surface area contributed by atoms with Gasteiger partial charge in [0.2, 0.25) is 10.0 Å². The maximum atomic E-state index is 12.7. The van der Waals surface area contributed by atoms with Crippen LogP contribution in [0, 0.1) is 0 Å². The molecule has 1 N–H and O–H groups in total. The summed E-state index contributed by atoms with van der Waals surface area (Å²) in [6.07, 6.45) is 0.513. The number of nitrogens with one attached hydrogen (secondary N) is 1. The largest absolute Gasteiger partial charge is 0.497 e. The van der Waals surface area contributed by atoms with Crippen molar-refractivity contribution < 1.29 is 27.4 Å². The predicted octanol–water partition coefficient (Wildman–Crippen LogP) is 1.99. The van der Waals surface area contributed by atoms with Gasteiger partial charge in [0.25, 0.3) is 0 Å². The maximum Gasteiger partial charge on any atom is 0.241 e. The Kier molecular flexibility index (Phi) is 5.24. The molecule has 1 atom stereocenters. The Labute approximate surface area is 152 Å². The van der Waals surface area contributed by atoms with Crippen LogP contribution in [0.3, 0.4) is 0 Å². The average Bonchev–Trinajstić information content (AvgIpc) is 2.66. The van der Waals surface area contributed by atoms with Gasteiger partial charge in [0, 0.05) is 6.07 Å². The van der Waals surface area contributed by atoms with Crippen molar-refractivity contribution in [2.75, 3.05) is 27.9 Å². The first-order valence-electron chi connectivity index (χ1n) is 8.01. The average molecular weight is 379 g/mol. The van der Waals surface area contributed by atoms with Crippen molar-refractivity contribution >= 4 is 10.0 Å². The Hall–Kier alpha value is -2.45. The molecule has 0 spiro atoms. The second-order valence-electron chi connectivity index (χ2n) is 5.82. The molecule has 2 aromatic carbocycles. The van der Waals surface area contributed by atoms with E-state index in [1.807, 2.05) is 18.2 Å². The van der Waals surface area contributed by atoms with Gasteiger partial charge in [0.1, 0.15) is 18.1 Å². The van der Waals surface area contributed by atoms with Crippen LogP contribution in [-0.2, 0) is 16.4 Å². The summed E-state index contributed by atoms with van der Waals surface area (Å²) in [4.78, 5) is 0.103. The smallest absolute Gasteiger partial charge is 0.241 e. The molecule has 0 saturated carbocycles. The Morgan fingerprint density at radius 3 is 2.46 bits per heavy atom. The Bertz CT molecular complexity index is 897. The lowest BCUT2D eigenvalue weighted by Gasteiger charge is -2.26. The third kappa shape index (κ3) is 3.71. The summed E-state index contributed by atoms with van der Waals surface area (Å²) in [6.45, 7) is 0.256. The van der Waals surface area contributed by atoms with Gasteiger partial charge in [0.15, 0.2) is 11.5 Å². The van der Waals surface area contributed by atoms with Gasteiger partial charge in [-0.3, -0.25) is 0 Å². The molecular weight excluding hydrogens is 358 g/mol. The minimum absolute atomic E-state index is 0.103. The van der Waals surface area contributed by atoms with Crippen molar-refractivity contribution in [1.29, 1.82) is 0 Å². The summed E-state index contributed by atoms with van der Waals surface area (Å²) >= 11 is 0. The van der Waals surface area contributed by atoms with Crippen LogP contribution in [0.1, 0.15) is 5.56 Å². The van der Waals surface area contributed by atoms with Gasteiger partial charge in [-0.25, -0.2) is 13.1 Å². The van der Waals surface area contributed by atoms with E-state index in [1.165, 1.54) is 26.4 Å². The number of hydrogen-bond acceptors (Lipinski definition) is 6. The summed E-state index contributed by atoms with van der Waals surface area (Å²) in [5, 5.41) is 0. The van der Waals surface area contributed by atoms with Crippen LogP contribution in [0.2, 0.25) is 0 Å². The van der Waals surface area contributed by atoms with Gasteiger partial charge in [-0.05, 0) is 42.3 Å². The third-order valence-electron chi connectivity index (χ3n) is 4.16. The molecule has 1 unspecified atom stereocenters. The summed E-state index contributed by atoms with van der Waals surface area (Å²) in [5.74, 6) is 2.27. The van der Waals surface area contributed by atoms with Crippen molar-refractivity contribution in [3.63, 3.8) is 0 Å². The molecular formula is C18H21NO6S. The minimum Gasteiger partial charge on any atom is -0.497 e. The predicted molar refractivity (Wildman–Crippen MR) is 95.8 cm³/mol. The lowest BCUT2D eigenvalue weighted by Crippen LogP contribution is -2.42. The number of hydrogen-bond donors (Lipinski definition) is 1. The van der Waals surface area contributed by atoms with E-state index >= 15 is 0 Å².